The van der Waals surface area contributed by atoms with E-state index >= 15 is 4.79 Å². The maximum absolute atomic E-state index is 15.0. The third-order valence-corrected chi connectivity index (χ3v) is 19.5. The van der Waals surface area contributed by atoms with Crippen molar-refractivity contribution in [3.63, 3.8) is 0 Å². The minimum absolute atomic E-state index is 0.0320. The van der Waals surface area contributed by atoms with Crippen LogP contribution in [0.3, 0.4) is 0 Å². The molecule has 8 heteroatoms. The fraction of sp³-hybridized carbons (Fsp3) is 0.707. The van der Waals surface area contributed by atoms with E-state index < -0.39 is 25.0 Å². The van der Waals surface area contributed by atoms with E-state index in [2.05, 4.69) is 78.9 Å². The Morgan fingerprint density at radius 1 is 0.939 bits per heavy atom. The Hall–Kier alpha value is -2.42. The number of hydrogen-bond acceptors (Lipinski definition) is 4. The molecule has 6 aliphatic rings. The highest BCUT2D eigenvalue weighted by Gasteiger charge is 2.74. The lowest BCUT2D eigenvalue weighted by molar-refractivity contribution is -0.166. The molecule has 2 bridgehead atoms. The summed E-state index contributed by atoms with van der Waals surface area (Å²) in [5, 5.41) is 10.5. The fourth-order valence-corrected chi connectivity index (χ4v) is 12.9. The molecule has 268 valence electrons. The minimum Gasteiger partial charge on any atom is -0.410 e. The van der Waals surface area contributed by atoms with E-state index in [4.69, 9.17) is 4.43 Å². The Labute approximate surface area is 294 Å². The fourth-order valence-electron chi connectivity index (χ4n) is 11.6. The van der Waals surface area contributed by atoms with Gasteiger partial charge in [-0.1, -0.05) is 96.9 Å². The number of aromatic nitrogens is 3. The van der Waals surface area contributed by atoms with Gasteiger partial charge in [-0.05, 0) is 105 Å². The molecular formula is C41H61N3O4Si. The Morgan fingerprint density at radius 2 is 1.61 bits per heavy atom. The van der Waals surface area contributed by atoms with Crippen LogP contribution < -0.4 is 11.4 Å². The third-order valence-electron chi connectivity index (χ3n) is 15.0. The van der Waals surface area contributed by atoms with Gasteiger partial charge in [0, 0.05) is 11.8 Å². The number of allylic oxidation sites excluding steroid dienone is 3. The van der Waals surface area contributed by atoms with Crippen LogP contribution >= 0.6 is 0 Å². The number of benzene rings is 1. The second-order valence-electron chi connectivity index (χ2n) is 19.3. The Morgan fingerprint density at radius 3 is 2.27 bits per heavy atom. The molecule has 1 aromatic heterocycles. The van der Waals surface area contributed by atoms with Crippen LogP contribution in [0, 0.1) is 34.5 Å². The SMILES string of the molecule is C[C@@H](CCCC(C)(C)O)[C@H]1CC[C@@H]2[C@]1(C)CC[C@H]1[C@@]23C=C[C@@]2(C[C@@H](O[Si](C)(C)C(C)(C)C)C=C[C@]12C)n1c(=O)n(-c2ccccc2)c(=O)n13. The summed E-state index contributed by atoms with van der Waals surface area (Å²) < 4.78 is 12.4. The molecule has 2 spiro atoms. The van der Waals surface area contributed by atoms with Crippen molar-refractivity contribution >= 4 is 8.32 Å². The second-order valence-corrected chi connectivity index (χ2v) is 24.0. The van der Waals surface area contributed by atoms with Crippen molar-refractivity contribution in [3.05, 3.63) is 75.6 Å². The zero-order chi connectivity index (χ0) is 35.6. The molecule has 4 aliphatic carbocycles. The summed E-state index contributed by atoms with van der Waals surface area (Å²) in [6, 6.07) is 9.51. The van der Waals surface area contributed by atoms with Gasteiger partial charge in [-0.2, -0.15) is 0 Å². The molecule has 2 saturated carbocycles. The molecule has 0 radical (unpaired) electrons. The Kier molecular flexibility index (Phi) is 7.89. The van der Waals surface area contributed by atoms with Crippen LogP contribution in [-0.4, -0.2) is 39.1 Å². The third kappa shape index (κ3) is 4.78. The first-order valence-corrected chi connectivity index (χ1v) is 22.0. The van der Waals surface area contributed by atoms with Crippen molar-refractivity contribution in [3.8, 4) is 5.69 Å². The lowest BCUT2D eigenvalue weighted by atomic mass is 9.41. The largest absolute Gasteiger partial charge is 0.410 e. The van der Waals surface area contributed by atoms with Gasteiger partial charge in [0.25, 0.3) is 0 Å². The van der Waals surface area contributed by atoms with Gasteiger partial charge in [0.05, 0.1) is 28.5 Å². The maximum atomic E-state index is 15.0. The molecule has 1 N–H and O–H groups in total. The Bertz CT molecular complexity index is 1790. The first-order valence-electron chi connectivity index (χ1n) is 19.1. The summed E-state index contributed by atoms with van der Waals surface area (Å²) in [6.07, 6.45) is 17.2. The van der Waals surface area contributed by atoms with Gasteiger partial charge in [-0.25, -0.2) is 23.5 Å². The number of hydrogen-bond donors (Lipinski definition) is 1. The number of nitrogens with zero attached hydrogens (tertiary/aromatic N) is 3. The highest BCUT2D eigenvalue weighted by molar-refractivity contribution is 6.74. The van der Waals surface area contributed by atoms with E-state index in [0.717, 1.165) is 44.9 Å². The molecule has 0 unspecified atom stereocenters. The van der Waals surface area contributed by atoms with Crippen LogP contribution in [-0.2, 0) is 15.5 Å². The first-order chi connectivity index (χ1) is 22.7. The molecule has 2 aliphatic heterocycles. The first kappa shape index (κ1) is 35.0. The van der Waals surface area contributed by atoms with Gasteiger partial charge in [0.15, 0.2) is 8.32 Å². The standard InChI is InChI=1S/C41H61N3O4Si/c1-28(15-14-22-37(5,6)47)31-18-19-32-38(31,7)23-21-33-39(8)24-20-30(48-49(9,10)36(2,3)4)27-40(39)25-26-41(32,33)44-35(46)42(34(45)43(40)44)29-16-12-11-13-17-29/h11-13,16-17,20,24-26,28,30-33,47H,14-15,18-19,21-23,27H2,1-10H3/t28-,30-,31+,32+,33+,38+,39+,40-,41+/m0/s1. The smallest absolute Gasteiger partial charge is 0.352 e. The zero-order valence-corrected chi connectivity index (χ0v) is 32.8. The average Bonchev–Trinajstić information content (AvgIpc) is 3.51. The number of para-hydroxylation sites is 1. The molecule has 2 aromatic rings. The summed E-state index contributed by atoms with van der Waals surface area (Å²) >= 11 is 0. The number of fused-ring (bicyclic) bond motifs is 1. The number of aliphatic hydroxyl groups is 1. The van der Waals surface area contributed by atoms with Gasteiger partial charge in [-0.15, -0.1) is 0 Å². The van der Waals surface area contributed by atoms with Crippen LogP contribution in [0.15, 0.2) is 64.2 Å². The summed E-state index contributed by atoms with van der Waals surface area (Å²) in [5.41, 5.74) is -2.11. The highest BCUT2D eigenvalue weighted by Crippen LogP contribution is 2.73. The van der Waals surface area contributed by atoms with Gasteiger partial charge in [0.2, 0.25) is 0 Å². The molecule has 0 saturated heterocycles. The van der Waals surface area contributed by atoms with Crippen LogP contribution in [0.1, 0.15) is 107 Å². The van der Waals surface area contributed by atoms with E-state index in [1.807, 2.05) is 53.5 Å². The van der Waals surface area contributed by atoms with Crippen LogP contribution in [0.5, 0.6) is 0 Å². The van der Waals surface area contributed by atoms with Gasteiger partial charge < -0.3 is 9.53 Å². The normalized spacial score (nSPS) is 37.0. The van der Waals surface area contributed by atoms with Crippen LogP contribution in [0.4, 0.5) is 0 Å². The van der Waals surface area contributed by atoms with E-state index in [-0.39, 0.29) is 45.2 Å². The van der Waals surface area contributed by atoms with Crippen molar-refractivity contribution in [2.75, 3.05) is 0 Å². The van der Waals surface area contributed by atoms with E-state index in [9.17, 15) is 9.90 Å². The summed E-state index contributed by atoms with van der Waals surface area (Å²) in [7, 11) is -2.12. The molecule has 2 fully saturated rings. The predicted octanol–water partition coefficient (Wildman–Crippen LogP) is 8.15. The van der Waals surface area contributed by atoms with Gasteiger partial charge >= 0.3 is 11.4 Å². The molecule has 1 aromatic carbocycles. The molecular weight excluding hydrogens is 627 g/mol. The lowest BCUT2D eigenvalue weighted by Gasteiger charge is -2.70. The monoisotopic (exact) mass is 687 g/mol. The topological polar surface area (TPSA) is 78.4 Å². The van der Waals surface area contributed by atoms with E-state index in [1.165, 1.54) is 4.57 Å². The van der Waals surface area contributed by atoms with Gasteiger partial charge in [0.1, 0.15) is 0 Å². The second kappa shape index (κ2) is 11.0. The molecule has 49 heavy (non-hydrogen) atoms. The van der Waals surface area contributed by atoms with Crippen molar-refractivity contribution in [2.45, 2.75) is 148 Å². The van der Waals surface area contributed by atoms with E-state index in [1.54, 1.807) is 0 Å². The summed E-state index contributed by atoms with van der Waals surface area (Å²) in [4.78, 5) is 30.0. The van der Waals surface area contributed by atoms with Crippen molar-refractivity contribution in [2.24, 2.45) is 34.5 Å². The average molecular weight is 688 g/mol. The predicted molar refractivity (Wildman–Crippen MR) is 200 cm³/mol. The van der Waals surface area contributed by atoms with Crippen LogP contribution in [0.25, 0.3) is 5.69 Å². The molecule has 3 heterocycles. The molecule has 8 rings (SSSR count). The Balaban J connectivity index is 1.38. The molecule has 9 atom stereocenters. The van der Waals surface area contributed by atoms with Crippen molar-refractivity contribution in [1.82, 2.24) is 13.9 Å². The minimum atomic E-state index is -2.12. The zero-order valence-electron chi connectivity index (χ0n) is 31.8. The lowest BCUT2D eigenvalue weighted by Crippen LogP contribution is -2.76. The summed E-state index contributed by atoms with van der Waals surface area (Å²) in [6.45, 7) is 22.5. The maximum Gasteiger partial charge on any atom is 0.352 e. The summed E-state index contributed by atoms with van der Waals surface area (Å²) in [5.74, 6) is 1.46. The van der Waals surface area contributed by atoms with Gasteiger partial charge in [-0.3, -0.25) is 0 Å². The molecule has 7 nitrogen and oxygen atoms in total. The van der Waals surface area contributed by atoms with Crippen LogP contribution in [0.2, 0.25) is 18.1 Å². The van der Waals surface area contributed by atoms with Crippen molar-refractivity contribution in [1.29, 1.82) is 0 Å². The van der Waals surface area contributed by atoms with E-state index in [0.29, 0.717) is 23.9 Å². The quantitative estimate of drug-likeness (QED) is 0.225. The van der Waals surface area contributed by atoms with Crippen molar-refractivity contribution < 1.29 is 9.53 Å². The highest BCUT2D eigenvalue weighted by atomic mass is 28.4. The molecule has 0 amide bonds. The number of rotatable bonds is 8.